The van der Waals surface area contributed by atoms with Gasteiger partial charge in [0.2, 0.25) is 0 Å². The van der Waals surface area contributed by atoms with Crippen molar-refractivity contribution in [2.24, 2.45) is 5.92 Å². The summed E-state index contributed by atoms with van der Waals surface area (Å²) >= 11 is 0. The second kappa shape index (κ2) is 5.59. The van der Waals surface area contributed by atoms with Gasteiger partial charge in [0.05, 0.1) is 17.3 Å². The van der Waals surface area contributed by atoms with Gasteiger partial charge in [-0.15, -0.1) is 0 Å². The van der Waals surface area contributed by atoms with Crippen LogP contribution < -0.4 is 0 Å². The molecule has 4 heteroatoms. The van der Waals surface area contributed by atoms with Gasteiger partial charge < -0.3 is 14.0 Å². The van der Waals surface area contributed by atoms with Gasteiger partial charge in [0.15, 0.2) is 0 Å². The smallest absolute Gasteiger partial charge is 0.400 e. The third-order valence-electron chi connectivity index (χ3n) is 4.68. The van der Waals surface area contributed by atoms with Crippen molar-refractivity contribution in [1.29, 1.82) is 0 Å². The van der Waals surface area contributed by atoms with Gasteiger partial charge in [0.25, 0.3) is 0 Å². The Morgan fingerprint density at radius 1 is 1.16 bits per heavy atom. The molecule has 0 aliphatic carbocycles. The number of ether oxygens (including phenoxy) is 1. The van der Waals surface area contributed by atoms with Crippen LogP contribution in [0.4, 0.5) is 0 Å². The van der Waals surface area contributed by atoms with Gasteiger partial charge in [0, 0.05) is 6.61 Å². The molecule has 2 aliphatic rings. The highest BCUT2D eigenvalue weighted by Crippen LogP contribution is 2.37. The first-order valence-electron chi connectivity index (χ1n) is 7.49. The fraction of sp³-hybridized carbons (Fsp3) is 0.867. The maximum absolute atomic E-state index is 5.97. The minimum atomic E-state index is -0.246. The lowest BCUT2D eigenvalue weighted by Crippen LogP contribution is -2.41. The molecular formula is C15H27BO3. The van der Waals surface area contributed by atoms with Crippen LogP contribution in [0.15, 0.2) is 12.1 Å². The summed E-state index contributed by atoms with van der Waals surface area (Å²) in [5.41, 5.74) is -0.493. The highest BCUT2D eigenvalue weighted by atomic mass is 16.7. The summed E-state index contributed by atoms with van der Waals surface area (Å²) < 4.78 is 17.6. The van der Waals surface area contributed by atoms with Crippen molar-refractivity contribution in [3.63, 3.8) is 0 Å². The largest absolute Gasteiger partial charge is 0.486 e. The summed E-state index contributed by atoms with van der Waals surface area (Å²) in [5, 5.41) is 0. The average molecular weight is 266 g/mol. The van der Waals surface area contributed by atoms with E-state index in [0.717, 1.165) is 25.9 Å². The third-order valence-corrected chi connectivity index (χ3v) is 4.68. The number of rotatable bonds is 3. The molecule has 2 unspecified atom stereocenters. The van der Waals surface area contributed by atoms with Gasteiger partial charge in [-0.3, -0.25) is 0 Å². The van der Waals surface area contributed by atoms with Crippen molar-refractivity contribution in [3.05, 3.63) is 12.1 Å². The Hall–Kier alpha value is -0.315. The molecule has 0 amide bonds. The van der Waals surface area contributed by atoms with Crippen LogP contribution in [-0.4, -0.2) is 31.0 Å². The van der Waals surface area contributed by atoms with Crippen molar-refractivity contribution in [1.82, 2.24) is 0 Å². The molecule has 0 aromatic rings. The molecule has 2 atom stereocenters. The summed E-state index contributed by atoms with van der Waals surface area (Å²) in [5.74, 6) is 2.68. The molecule has 2 aliphatic heterocycles. The molecule has 2 heterocycles. The molecule has 0 aromatic heterocycles. The molecule has 3 nitrogen and oxygen atoms in total. The van der Waals surface area contributed by atoms with Crippen molar-refractivity contribution in [3.8, 4) is 0 Å². The van der Waals surface area contributed by atoms with E-state index in [1.54, 1.807) is 0 Å². The predicted octanol–water partition coefficient (Wildman–Crippen LogP) is 3.38. The Morgan fingerprint density at radius 3 is 2.37 bits per heavy atom. The van der Waals surface area contributed by atoms with E-state index in [0.29, 0.717) is 12.0 Å². The summed E-state index contributed by atoms with van der Waals surface area (Å²) in [6.45, 7) is 11.4. The van der Waals surface area contributed by atoms with Crippen LogP contribution >= 0.6 is 0 Å². The minimum Gasteiger partial charge on any atom is -0.400 e. The van der Waals surface area contributed by atoms with Crippen LogP contribution in [0.3, 0.4) is 0 Å². The fourth-order valence-corrected chi connectivity index (χ4v) is 2.58. The molecule has 19 heavy (non-hydrogen) atoms. The molecule has 108 valence electrons. The lowest BCUT2D eigenvalue weighted by atomic mass is 9.85. The van der Waals surface area contributed by atoms with Crippen LogP contribution in [-0.2, 0) is 14.0 Å². The van der Waals surface area contributed by atoms with Crippen LogP contribution in [0.25, 0.3) is 0 Å². The molecule has 2 saturated heterocycles. The first-order valence-corrected chi connectivity index (χ1v) is 7.49. The maximum Gasteiger partial charge on any atom is 0.486 e. The van der Waals surface area contributed by atoms with Gasteiger partial charge >= 0.3 is 7.12 Å². The third kappa shape index (κ3) is 3.42. The number of hydrogen-bond acceptors (Lipinski definition) is 3. The van der Waals surface area contributed by atoms with Crippen LogP contribution in [0.5, 0.6) is 0 Å². The van der Waals surface area contributed by atoms with Crippen molar-refractivity contribution < 1.29 is 14.0 Å². The van der Waals surface area contributed by atoms with Gasteiger partial charge in [-0.1, -0.05) is 19.0 Å². The Bertz CT molecular complexity index is 322. The van der Waals surface area contributed by atoms with Crippen molar-refractivity contribution in [2.75, 3.05) is 6.61 Å². The Balaban J connectivity index is 1.90. The Morgan fingerprint density at radius 2 is 1.79 bits per heavy atom. The standard InChI is InChI=1S/C15H27BO3/c1-6-13-11-12(8-10-17-13)7-9-16-18-14(2,3)15(4,5)19-16/h7,9,12-13H,6,8,10-11H2,1-5H3/b9-7+. The van der Waals surface area contributed by atoms with Crippen LogP contribution in [0.1, 0.15) is 53.9 Å². The fourth-order valence-electron chi connectivity index (χ4n) is 2.58. The van der Waals surface area contributed by atoms with E-state index < -0.39 is 0 Å². The van der Waals surface area contributed by atoms with Gasteiger partial charge in [-0.25, -0.2) is 0 Å². The molecule has 0 radical (unpaired) electrons. The Kier molecular flexibility index (Phi) is 4.43. The molecule has 0 N–H and O–H groups in total. The maximum atomic E-state index is 5.97. The quantitative estimate of drug-likeness (QED) is 0.733. The van der Waals surface area contributed by atoms with Crippen molar-refractivity contribution in [2.45, 2.75) is 71.2 Å². The second-order valence-electron chi connectivity index (χ2n) is 6.70. The van der Waals surface area contributed by atoms with E-state index in [1.165, 1.54) is 0 Å². The molecule has 2 rings (SSSR count). The first kappa shape index (κ1) is 15.1. The number of hydrogen-bond donors (Lipinski definition) is 0. The summed E-state index contributed by atoms with van der Waals surface area (Å²) in [7, 11) is -0.215. The average Bonchev–Trinajstić information content (AvgIpc) is 2.56. The zero-order chi connectivity index (χ0) is 14.1. The highest BCUT2D eigenvalue weighted by Gasteiger charge is 2.50. The topological polar surface area (TPSA) is 27.7 Å². The molecule has 0 saturated carbocycles. The summed E-state index contributed by atoms with van der Waals surface area (Å²) in [4.78, 5) is 0. The lowest BCUT2D eigenvalue weighted by molar-refractivity contribution is -0.000962. The first-order chi connectivity index (χ1) is 8.84. The van der Waals surface area contributed by atoms with Crippen LogP contribution in [0.2, 0.25) is 0 Å². The normalized spacial score (nSPS) is 34.1. The number of allylic oxidation sites excluding steroid dienone is 1. The molecule has 0 spiro atoms. The van der Waals surface area contributed by atoms with Crippen molar-refractivity contribution >= 4 is 7.12 Å². The van der Waals surface area contributed by atoms with E-state index in [-0.39, 0.29) is 18.3 Å². The summed E-state index contributed by atoms with van der Waals surface area (Å²) in [6, 6.07) is 0. The van der Waals surface area contributed by atoms with Crippen LogP contribution in [0, 0.1) is 5.92 Å². The second-order valence-corrected chi connectivity index (χ2v) is 6.70. The minimum absolute atomic E-state index is 0.215. The zero-order valence-electron chi connectivity index (χ0n) is 12.9. The molecule has 0 aromatic carbocycles. The zero-order valence-corrected chi connectivity index (χ0v) is 12.9. The van der Waals surface area contributed by atoms with E-state index in [1.807, 2.05) is 0 Å². The van der Waals surface area contributed by atoms with E-state index in [9.17, 15) is 0 Å². The highest BCUT2D eigenvalue weighted by molar-refractivity contribution is 6.51. The van der Waals surface area contributed by atoms with E-state index in [2.05, 4.69) is 46.7 Å². The molecule has 0 bridgehead atoms. The van der Waals surface area contributed by atoms with E-state index >= 15 is 0 Å². The SMILES string of the molecule is CCC1CC(/C=C/B2OC(C)(C)C(C)(C)O2)CCO1. The summed E-state index contributed by atoms with van der Waals surface area (Å²) in [6.07, 6.45) is 5.99. The van der Waals surface area contributed by atoms with Gasteiger partial charge in [-0.05, 0) is 52.9 Å². The molecule has 2 fully saturated rings. The van der Waals surface area contributed by atoms with Gasteiger partial charge in [-0.2, -0.15) is 0 Å². The Labute approximate surface area is 117 Å². The van der Waals surface area contributed by atoms with E-state index in [4.69, 9.17) is 14.0 Å². The van der Waals surface area contributed by atoms with Gasteiger partial charge in [0.1, 0.15) is 0 Å². The predicted molar refractivity (Wildman–Crippen MR) is 78.0 cm³/mol. The monoisotopic (exact) mass is 266 g/mol. The molecular weight excluding hydrogens is 239 g/mol. The lowest BCUT2D eigenvalue weighted by Gasteiger charge is -2.32.